The zero-order chi connectivity index (χ0) is 21.2. The molecule has 7 heteroatoms. The number of nitrogens with zero attached hydrogens (tertiary/aromatic N) is 1. The van der Waals surface area contributed by atoms with Gasteiger partial charge in [-0.05, 0) is 59.7 Å². The van der Waals surface area contributed by atoms with E-state index >= 15 is 0 Å². The van der Waals surface area contributed by atoms with Crippen LogP contribution in [0.5, 0.6) is 5.75 Å². The Bertz CT molecular complexity index is 1000. The number of benzene rings is 3. The maximum atomic E-state index is 12.2. The van der Waals surface area contributed by atoms with Crippen molar-refractivity contribution in [2.24, 2.45) is 10.8 Å². The number of nitrogens with two attached hydrogens (primary N) is 1. The van der Waals surface area contributed by atoms with Gasteiger partial charge in [0, 0.05) is 16.2 Å². The van der Waals surface area contributed by atoms with Crippen LogP contribution >= 0.6 is 11.8 Å². The van der Waals surface area contributed by atoms with Crippen LogP contribution in [0.15, 0.2) is 88.9 Å². The van der Waals surface area contributed by atoms with E-state index in [1.807, 2.05) is 30.3 Å². The van der Waals surface area contributed by atoms with E-state index in [9.17, 15) is 9.59 Å². The van der Waals surface area contributed by atoms with Crippen molar-refractivity contribution in [1.82, 2.24) is 5.43 Å². The van der Waals surface area contributed by atoms with E-state index in [1.165, 1.54) is 11.1 Å². The first-order chi connectivity index (χ1) is 14.6. The Kier molecular flexibility index (Phi) is 7.63. The number of hydrazone groups is 1. The highest BCUT2D eigenvalue weighted by Gasteiger charge is 2.04. The van der Waals surface area contributed by atoms with E-state index in [0.29, 0.717) is 11.3 Å². The molecule has 0 aliphatic heterocycles. The predicted octanol–water partition coefficient (Wildman–Crippen LogP) is 3.61. The van der Waals surface area contributed by atoms with Crippen LogP contribution in [0.2, 0.25) is 0 Å². The maximum Gasteiger partial charge on any atom is 0.271 e. The van der Waals surface area contributed by atoms with Crippen LogP contribution in [0.25, 0.3) is 0 Å². The summed E-state index contributed by atoms with van der Waals surface area (Å²) >= 11 is 1.75. The van der Waals surface area contributed by atoms with E-state index < -0.39 is 5.91 Å². The molecular formula is C23H21N3O3S. The van der Waals surface area contributed by atoms with Gasteiger partial charge >= 0.3 is 0 Å². The van der Waals surface area contributed by atoms with Crippen molar-refractivity contribution in [3.05, 3.63) is 95.6 Å². The highest BCUT2D eigenvalue weighted by molar-refractivity contribution is 7.98. The van der Waals surface area contributed by atoms with Crippen molar-refractivity contribution >= 4 is 29.8 Å². The fraction of sp³-hybridized carbons (Fsp3) is 0.0870. The van der Waals surface area contributed by atoms with Gasteiger partial charge in [-0.15, -0.1) is 11.8 Å². The molecular weight excluding hydrogens is 398 g/mol. The zero-order valence-electron chi connectivity index (χ0n) is 16.2. The lowest BCUT2D eigenvalue weighted by Crippen LogP contribution is -2.20. The van der Waals surface area contributed by atoms with Gasteiger partial charge in [0.2, 0.25) is 0 Å². The molecule has 6 nitrogen and oxygen atoms in total. The van der Waals surface area contributed by atoms with Crippen molar-refractivity contribution in [3.63, 3.8) is 0 Å². The zero-order valence-corrected chi connectivity index (χ0v) is 17.0. The molecule has 152 valence electrons. The fourth-order valence-electron chi connectivity index (χ4n) is 2.47. The quantitative estimate of drug-likeness (QED) is 0.315. The van der Waals surface area contributed by atoms with Crippen LogP contribution in [0.4, 0.5) is 0 Å². The van der Waals surface area contributed by atoms with Gasteiger partial charge < -0.3 is 10.5 Å². The standard InChI is InChI=1S/C23H21N3O3S/c24-22(27)15-29-20-12-8-17(9-13-20)14-25-26-23(28)19-10-6-18(7-11-19)16-30-21-4-2-1-3-5-21/h1-14H,15-16H2,(H2,24,27)(H,26,28)/b25-14+. The van der Waals surface area contributed by atoms with E-state index in [2.05, 4.69) is 22.7 Å². The maximum absolute atomic E-state index is 12.2. The van der Waals surface area contributed by atoms with Gasteiger partial charge in [-0.3, -0.25) is 9.59 Å². The first-order valence-corrected chi connectivity index (χ1v) is 10.2. The number of carbonyl (C=O) groups excluding carboxylic acids is 2. The molecule has 0 aromatic heterocycles. The van der Waals surface area contributed by atoms with Crippen LogP contribution in [-0.4, -0.2) is 24.6 Å². The number of ether oxygens (including phenoxy) is 1. The number of primary amides is 1. The molecule has 3 N–H and O–H groups in total. The lowest BCUT2D eigenvalue weighted by Gasteiger charge is -2.04. The first kappa shape index (κ1) is 21.1. The third kappa shape index (κ3) is 6.79. The molecule has 0 saturated carbocycles. The Labute approximate surface area is 179 Å². The van der Waals surface area contributed by atoms with E-state index in [1.54, 1.807) is 48.2 Å². The average Bonchev–Trinajstić information content (AvgIpc) is 2.78. The van der Waals surface area contributed by atoms with Crippen molar-refractivity contribution in [2.45, 2.75) is 10.6 Å². The monoisotopic (exact) mass is 419 g/mol. The number of hydrogen-bond donors (Lipinski definition) is 2. The smallest absolute Gasteiger partial charge is 0.271 e. The average molecular weight is 420 g/mol. The molecule has 3 rings (SSSR count). The second kappa shape index (κ2) is 10.8. The molecule has 0 spiro atoms. The summed E-state index contributed by atoms with van der Waals surface area (Å²) in [5.74, 6) is 0.546. The molecule has 2 amide bonds. The highest BCUT2D eigenvalue weighted by atomic mass is 32.2. The normalized spacial score (nSPS) is 10.7. The summed E-state index contributed by atoms with van der Waals surface area (Å²) in [6.45, 7) is -0.173. The lowest BCUT2D eigenvalue weighted by atomic mass is 10.1. The molecule has 0 atom stereocenters. The van der Waals surface area contributed by atoms with Gasteiger partial charge in [-0.2, -0.15) is 5.10 Å². The molecule has 0 unspecified atom stereocenters. The Balaban J connectivity index is 1.47. The SMILES string of the molecule is NC(=O)COc1ccc(/C=N/NC(=O)c2ccc(CSc3ccccc3)cc2)cc1. The molecule has 0 aliphatic carbocycles. The minimum Gasteiger partial charge on any atom is -0.484 e. The topological polar surface area (TPSA) is 93.8 Å². The van der Waals surface area contributed by atoms with E-state index in [-0.39, 0.29) is 12.5 Å². The number of rotatable bonds is 9. The van der Waals surface area contributed by atoms with Gasteiger partial charge in [0.05, 0.1) is 6.21 Å². The molecule has 0 aliphatic rings. The molecule has 3 aromatic carbocycles. The molecule has 30 heavy (non-hydrogen) atoms. The van der Waals surface area contributed by atoms with Gasteiger partial charge in [-0.1, -0.05) is 30.3 Å². The van der Waals surface area contributed by atoms with Gasteiger partial charge in [0.25, 0.3) is 11.8 Å². The lowest BCUT2D eigenvalue weighted by molar-refractivity contribution is -0.119. The van der Waals surface area contributed by atoms with Crippen molar-refractivity contribution in [2.75, 3.05) is 6.61 Å². The minimum atomic E-state index is -0.536. The summed E-state index contributed by atoms with van der Waals surface area (Å²) in [6.07, 6.45) is 1.53. The third-order valence-corrected chi connectivity index (χ3v) is 5.09. The first-order valence-electron chi connectivity index (χ1n) is 9.21. The van der Waals surface area contributed by atoms with Gasteiger partial charge in [-0.25, -0.2) is 5.43 Å². The molecule has 0 heterocycles. The number of thioether (sulfide) groups is 1. The van der Waals surface area contributed by atoms with Crippen LogP contribution < -0.4 is 15.9 Å². The molecule has 0 bridgehead atoms. The predicted molar refractivity (Wildman–Crippen MR) is 119 cm³/mol. The fourth-order valence-corrected chi connectivity index (χ4v) is 3.35. The van der Waals surface area contributed by atoms with Gasteiger partial charge in [0.1, 0.15) is 5.75 Å². The number of carbonyl (C=O) groups is 2. The Morgan fingerprint density at radius 1 is 0.967 bits per heavy atom. The van der Waals surface area contributed by atoms with E-state index in [4.69, 9.17) is 10.5 Å². The number of amides is 2. The third-order valence-electron chi connectivity index (χ3n) is 4.01. The summed E-state index contributed by atoms with van der Waals surface area (Å²) in [5, 5.41) is 3.98. The summed E-state index contributed by atoms with van der Waals surface area (Å²) in [5.41, 5.74) is 10.00. The molecule has 0 saturated heterocycles. The highest BCUT2D eigenvalue weighted by Crippen LogP contribution is 2.22. The summed E-state index contributed by atoms with van der Waals surface area (Å²) in [7, 11) is 0. The largest absolute Gasteiger partial charge is 0.484 e. The Morgan fingerprint density at radius 2 is 1.67 bits per heavy atom. The summed E-state index contributed by atoms with van der Waals surface area (Å²) in [6, 6.07) is 24.5. The van der Waals surface area contributed by atoms with Crippen LogP contribution in [-0.2, 0) is 10.5 Å². The van der Waals surface area contributed by atoms with E-state index in [0.717, 1.165) is 16.9 Å². The minimum absolute atomic E-state index is 0.173. The van der Waals surface area contributed by atoms with Crippen LogP contribution in [0.3, 0.4) is 0 Å². The Morgan fingerprint density at radius 3 is 2.33 bits per heavy atom. The van der Waals surface area contributed by atoms with Crippen LogP contribution in [0, 0.1) is 0 Å². The second-order valence-corrected chi connectivity index (χ2v) is 7.37. The van der Waals surface area contributed by atoms with Gasteiger partial charge in [0.15, 0.2) is 6.61 Å². The second-order valence-electron chi connectivity index (χ2n) is 6.32. The number of nitrogens with one attached hydrogen (secondary N) is 1. The van der Waals surface area contributed by atoms with Crippen LogP contribution in [0.1, 0.15) is 21.5 Å². The Hall–Kier alpha value is -3.58. The summed E-state index contributed by atoms with van der Waals surface area (Å²) in [4.78, 5) is 24.2. The molecule has 3 aromatic rings. The molecule has 0 fully saturated rings. The van der Waals surface area contributed by atoms with Crippen molar-refractivity contribution < 1.29 is 14.3 Å². The van der Waals surface area contributed by atoms with Crippen molar-refractivity contribution in [1.29, 1.82) is 0 Å². The molecule has 0 radical (unpaired) electrons. The number of hydrogen-bond acceptors (Lipinski definition) is 5. The summed E-state index contributed by atoms with van der Waals surface area (Å²) < 4.78 is 5.18. The van der Waals surface area contributed by atoms with Crippen molar-refractivity contribution in [3.8, 4) is 5.75 Å².